The monoisotopic (exact) mass is 208 g/mol. The number of aryl methyl sites for hydroxylation is 2. The van der Waals surface area contributed by atoms with E-state index in [0.29, 0.717) is 0 Å². The lowest BCUT2D eigenvalue weighted by atomic mass is 10.4. The van der Waals surface area contributed by atoms with Gasteiger partial charge in [0.2, 0.25) is 0 Å². The summed E-state index contributed by atoms with van der Waals surface area (Å²) in [5, 5.41) is 4.00. The Kier molecular flexibility index (Phi) is 3.15. The second kappa shape index (κ2) is 4.00. The zero-order valence-electron chi connectivity index (χ0n) is 7.93. The highest BCUT2D eigenvalue weighted by molar-refractivity contribution is 5.06. The van der Waals surface area contributed by atoms with Crippen LogP contribution in [0, 0.1) is 13.8 Å². The van der Waals surface area contributed by atoms with Crippen LogP contribution in [0.3, 0.4) is 0 Å². The molecule has 1 aromatic heterocycles. The van der Waals surface area contributed by atoms with Gasteiger partial charge in [-0.25, -0.2) is 0 Å². The second-order valence-electron chi connectivity index (χ2n) is 2.94. The predicted molar refractivity (Wildman–Crippen MR) is 43.7 cm³/mol. The summed E-state index contributed by atoms with van der Waals surface area (Å²) in [5.41, 5.74) is 1.61. The lowest BCUT2D eigenvalue weighted by Crippen LogP contribution is -2.18. The van der Waals surface area contributed by atoms with Gasteiger partial charge in [-0.2, -0.15) is 5.10 Å². The molecule has 1 aromatic rings. The van der Waals surface area contributed by atoms with Crippen LogP contribution in [0.15, 0.2) is 6.07 Å². The quantitative estimate of drug-likeness (QED) is 0.760. The molecule has 80 valence electrons. The average Bonchev–Trinajstić information content (AvgIpc) is 2.27. The Balaban J connectivity index is 2.42. The summed E-state index contributed by atoms with van der Waals surface area (Å²) < 4.78 is 40.0. The maximum Gasteiger partial charge on any atom is 0.522 e. The Bertz CT molecular complexity index is 306. The van der Waals surface area contributed by atoms with Gasteiger partial charge >= 0.3 is 6.36 Å². The van der Waals surface area contributed by atoms with Crippen molar-refractivity contribution >= 4 is 0 Å². The molecule has 0 aliphatic carbocycles. The molecule has 0 aliphatic rings. The molecule has 14 heavy (non-hydrogen) atoms. The minimum absolute atomic E-state index is 0.110. The van der Waals surface area contributed by atoms with E-state index in [1.54, 1.807) is 19.9 Å². The summed E-state index contributed by atoms with van der Waals surface area (Å²) in [6.07, 6.45) is -4.56. The number of nitrogens with zero attached hydrogens (tertiary/aromatic N) is 2. The molecular weight excluding hydrogens is 197 g/mol. The lowest BCUT2D eigenvalue weighted by Gasteiger charge is -2.07. The Morgan fingerprint density at radius 1 is 1.43 bits per heavy atom. The lowest BCUT2D eigenvalue weighted by molar-refractivity contribution is -0.325. The fourth-order valence-electron chi connectivity index (χ4n) is 1.15. The summed E-state index contributed by atoms with van der Waals surface area (Å²) in [7, 11) is 0. The third-order valence-corrected chi connectivity index (χ3v) is 1.67. The Morgan fingerprint density at radius 3 is 2.50 bits per heavy atom. The number of hydrogen-bond acceptors (Lipinski definition) is 2. The summed E-state index contributed by atoms with van der Waals surface area (Å²) >= 11 is 0. The van der Waals surface area contributed by atoms with Gasteiger partial charge in [-0.1, -0.05) is 0 Å². The molecule has 0 fully saturated rings. The van der Waals surface area contributed by atoms with Gasteiger partial charge in [0.15, 0.2) is 0 Å². The summed E-state index contributed by atoms with van der Waals surface area (Å²) in [6, 6.07) is 1.80. The van der Waals surface area contributed by atoms with Crippen molar-refractivity contribution in [2.75, 3.05) is 6.61 Å². The van der Waals surface area contributed by atoms with E-state index >= 15 is 0 Å². The third-order valence-electron chi connectivity index (χ3n) is 1.67. The molecule has 0 amide bonds. The molecule has 0 aromatic carbocycles. The van der Waals surface area contributed by atoms with Gasteiger partial charge in [-0.3, -0.25) is 9.42 Å². The maximum atomic E-state index is 11.6. The maximum absolute atomic E-state index is 11.6. The van der Waals surface area contributed by atoms with Crippen LogP contribution in [0.25, 0.3) is 0 Å². The first kappa shape index (κ1) is 11.0. The molecule has 3 nitrogen and oxygen atoms in total. The highest BCUT2D eigenvalue weighted by Crippen LogP contribution is 2.15. The van der Waals surface area contributed by atoms with Crippen molar-refractivity contribution in [3.8, 4) is 0 Å². The molecule has 0 atom stereocenters. The minimum atomic E-state index is -4.56. The first-order valence-electron chi connectivity index (χ1n) is 4.10. The molecule has 1 rings (SSSR count). The van der Waals surface area contributed by atoms with Gasteiger partial charge in [-0.15, -0.1) is 13.2 Å². The summed E-state index contributed by atoms with van der Waals surface area (Å²) in [4.78, 5) is 0. The molecule has 1 heterocycles. The van der Waals surface area contributed by atoms with E-state index < -0.39 is 13.0 Å². The van der Waals surface area contributed by atoms with Gasteiger partial charge in [0.25, 0.3) is 0 Å². The van der Waals surface area contributed by atoms with E-state index in [2.05, 4.69) is 9.84 Å². The van der Waals surface area contributed by atoms with Gasteiger partial charge in [0.1, 0.15) is 0 Å². The molecule has 0 bridgehead atoms. The van der Waals surface area contributed by atoms with Crippen LogP contribution in [0.5, 0.6) is 0 Å². The van der Waals surface area contributed by atoms with Crippen LogP contribution >= 0.6 is 0 Å². The van der Waals surface area contributed by atoms with Crippen molar-refractivity contribution in [2.24, 2.45) is 0 Å². The number of hydrogen-bond donors (Lipinski definition) is 0. The molecule has 0 spiro atoms. The van der Waals surface area contributed by atoms with Crippen molar-refractivity contribution in [1.29, 1.82) is 0 Å². The first-order chi connectivity index (χ1) is 6.38. The van der Waals surface area contributed by atoms with Crippen LogP contribution in [0.4, 0.5) is 13.2 Å². The second-order valence-corrected chi connectivity index (χ2v) is 2.94. The van der Waals surface area contributed by atoms with Gasteiger partial charge in [0.05, 0.1) is 18.8 Å². The summed E-state index contributed by atoms with van der Waals surface area (Å²) in [6.45, 7) is 3.27. The molecular formula is C8H11F3N2O. The van der Waals surface area contributed by atoms with Crippen LogP contribution < -0.4 is 0 Å². The largest absolute Gasteiger partial charge is 0.522 e. The van der Waals surface area contributed by atoms with E-state index in [4.69, 9.17) is 0 Å². The Morgan fingerprint density at radius 2 is 2.07 bits per heavy atom. The predicted octanol–water partition coefficient (Wildman–Crippen LogP) is 2.04. The minimum Gasteiger partial charge on any atom is -0.290 e. The highest BCUT2D eigenvalue weighted by Gasteiger charge is 2.28. The molecule has 0 N–H and O–H groups in total. The molecule has 0 saturated heterocycles. The zero-order valence-corrected chi connectivity index (χ0v) is 7.93. The fourth-order valence-corrected chi connectivity index (χ4v) is 1.15. The normalized spacial score (nSPS) is 12.1. The Labute approximate surface area is 79.5 Å². The fraction of sp³-hybridized carbons (Fsp3) is 0.625. The van der Waals surface area contributed by atoms with Crippen LogP contribution in [0.1, 0.15) is 11.4 Å². The first-order valence-corrected chi connectivity index (χ1v) is 4.10. The van der Waals surface area contributed by atoms with Crippen LogP contribution in [0.2, 0.25) is 0 Å². The molecule has 0 saturated carbocycles. The smallest absolute Gasteiger partial charge is 0.290 e. The zero-order chi connectivity index (χ0) is 10.8. The molecule has 0 aliphatic heterocycles. The number of aromatic nitrogens is 2. The van der Waals surface area contributed by atoms with E-state index in [1.165, 1.54) is 4.68 Å². The molecule has 0 radical (unpaired) electrons. The third kappa shape index (κ3) is 3.37. The van der Waals surface area contributed by atoms with E-state index in [0.717, 1.165) is 11.4 Å². The topological polar surface area (TPSA) is 27.1 Å². The van der Waals surface area contributed by atoms with Crippen molar-refractivity contribution < 1.29 is 17.9 Å². The van der Waals surface area contributed by atoms with Crippen molar-refractivity contribution in [3.05, 3.63) is 17.5 Å². The van der Waals surface area contributed by atoms with E-state index in [1.807, 2.05) is 0 Å². The average molecular weight is 208 g/mol. The van der Waals surface area contributed by atoms with E-state index in [9.17, 15) is 13.2 Å². The molecule has 6 heteroatoms. The van der Waals surface area contributed by atoms with Gasteiger partial charge in [-0.05, 0) is 19.9 Å². The van der Waals surface area contributed by atoms with Crippen molar-refractivity contribution in [2.45, 2.75) is 26.8 Å². The number of alkyl halides is 3. The number of rotatable bonds is 3. The SMILES string of the molecule is Cc1cc(C)n(CCOC(F)(F)F)n1. The van der Waals surface area contributed by atoms with Crippen LogP contribution in [-0.4, -0.2) is 22.7 Å². The van der Waals surface area contributed by atoms with Crippen LogP contribution in [-0.2, 0) is 11.3 Å². The van der Waals surface area contributed by atoms with Gasteiger partial charge in [0, 0.05) is 5.69 Å². The number of halogens is 3. The summed E-state index contributed by atoms with van der Waals surface area (Å²) in [5.74, 6) is 0. The highest BCUT2D eigenvalue weighted by atomic mass is 19.4. The van der Waals surface area contributed by atoms with Crippen molar-refractivity contribution in [3.63, 3.8) is 0 Å². The standard InChI is InChI=1S/C8H11F3N2O/c1-6-5-7(2)13(12-6)3-4-14-8(9,10)11/h5H,3-4H2,1-2H3. The number of ether oxygens (including phenoxy) is 1. The molecule has 0 unspecified atom stereocenters. The van der Waals surface area contributed by atoms with Crippen molar-refractivity contribution in [1.82, 2.24) is 9.78 Å². The Hall–Kier alpha value is -1.04. The van der Waals surface area contributed by atoms with E-state index in [-0.39, 0.29) is 6.54 Å². The van der Waals surface area contributed by atoms with Gasteiger partial charge < -0.3 is 0 Å².